The van der Waals surface area contributed by atoms with Gasteiger partial charge in [0, 0.05) is 29.7 Å². The van der Waals surface area contributed by atoms with Crippen molar-refractivity contribution in [1.29, 1.82) is 0 Å². The third kappa shape index (κ3) is 2.83. The van der Waals surface area contributed by atoms with Crippen LogP contribution < -0.4 is 5.73 Å². The number of carbonyl (C=O) groups excluding carboxylic acids is 3. The van der Waals surface area contributed by atoms with E-state index >= 15 is 0 Å². The molecule has 1 saturated carbocycles. The van der Waals surface area contributed by atoms with Gasteiger partial charge in [-0.2, -0.15) is 0 Å². The van der Waals surface area contributed by atoms with E-state index in [0.717, 1.165) is 29.7 Å². The van der Waals surface area contributed by atoms with Crippen LogP contribution in [0.15, 0.2) is 39.6 Å². The fraction of sp³-hybridized carbons (Fsp3) is 0.360. The number of carbonyl (C=O) groups is 3. The number of Topliss-reactive ketones (excluding diaryl/α,β-unsaturated/α-hetero) is 2. The minimum Gasteiger partial charge on any atom is -0.508 e. The summed E-state index contributed by atoms with van der Waals surface area (Å²) in [5.74, 6) is -6.36. The van der Waals surface area contributed by atoms with Crippen LogP contribution >= 0.6 is 0 Å². The second-order valence-electron chi connectivity index (χ2n) is 9.37. The number of aliphatic hydroxyl groups is 3. The quantitative estimate of drug-likeness (QED) is 0.417. The maximum atomic E-state index is 13.5. The maximum Gasteiger partial charge on any atom is 0.255 e. The lowest BCUT2D eigenvalue weighted by Gasteiger charge is -2.46. The van der Waals surface area contributed by atoms with Crippen LogP contribution in [0.5, 0.6) is 5.75 Å². The van der Waals surface area contributed by atoms with Crippen molar-refractivity contribution in [2.24, 2.45) is 22.6 Å². The van der Waals surface area contributed by atoms with E-state index in [0.29, 0.717) is 5.56 Å². The number of allylic oxidation sites excluding steroid dienone is 1. The molecule has 1 amide bonds. The molecule has 0 aromatic heterocycles. The minimum atomic E-state index is -2.56. The lowest BCUT2D eigenvalue weighted by molar-refractivity contribution is -0.147. The van der Waals surface area contributed by atoms with Crippen LogP contribution in [0.4, 0.5) is 0 Å². The first-order valence-corrected chi connectivity index (χ1v) is 11.1. The van der Waals surface area contributed by atoms with Crippen molar-refractivity contribution in [2.75, 3.05) is 0 Å². The first-order valence-electron chi connectivity index (χ1n) is 11.1. The average molecular weight is 464 g/mol. The Morgan fingerprint density at radius 2 is 1.91 bits per heavy atom. The van der Waals surface area contributed by atoms with Gasteiger partial charge in [-0.3, -0.25) is 19.4 Å². The number of phenols is 1. The van der Waals surface area contributed by atoms with E-state index in [1.807, 2.05) is 13.1 Å². The van der Waals surface area contributed by atoms with E-state index in [4.69, 9.17) is 5.73 Å². The van der Waals surface area contributed by atoms with E-state index in [2.05, 4.69) is 4.99 Å². The van der Waals surface area contributed by atoms with Gasteiger partial charge in [0.25, 0.3) is 5.91 Å². The number of nitrogens with two attached hydrogens (primary N) is 1. The molecule has 0 bridgehead atoms. The molecule has 0 saturated heterocycles. The van der Waals surface area contributed by atoms with Crippen LogP contribution in [0.2, 0.25) is 0 Å². The smallest absolute Gasteiger partial charge is 0.255 e. The molecule has 5 rings (SSSR count). The fourth-order valence-electron chi connectivity index (χ4n) is 5.81. The van der Waals surface area contributed by atoms with E-state index < -0.39 is 52.0 Å². The molecule has 0 unspecified atom stereocenters. The standard InChI is InChI=1S/C25H24N2O7/c1-10-3-2-6-27-20(10)13-4-5-15(28)18-14(13)8-11-7-12-9-16(29)19(24(26)33)23(32)25(12,34)22(31)17(11)21(18)30/h4-6,11-12,28,30,32,34H,2-3,7-9H2,1H3,(H2,26,33)/t11-,12+,25+/m1/s1. The number of primary amides is 1. The molecular formula is C25H24N2O7. The Bertz CT molecular complexity index is 1320. The number of benzene rings is 1. The van der Waals surface area contributed by atoms with Crippen molar-refractivity contribution in [3.8, 4) is 5.75 Å². The topological polar surface area (TPSA) is 171 Å². The van der Waals surface area contributed by atoms with Crippen molar-refractivity contribution in [3.05, 3.63) is 51.3 Å². The van der Waals surface area contributed by atoms with Crippen LogP contribution in [0.3, 0.4) is 0 Å². The second-order valence-corrected chi connectivity index (χ2v) is 9.37. The van der Waals surface area contributed by atoms with Gasteiger partial charge in [0.2, 0.25) is 5.78 Å². The van der Waals surface area contributed by atoms with Gasteiger partial charge >= 0.3 is 0 Å². The number of ketones is 2. The summed E-state index contributed by atoms with van der Waals surface area (Å²) in [6, 6.07) is 3.15. The number of nitrogens with zero attached hydrogens (tertiary/aromatic N) is 1. The van der Waals surface area contributed by atoms with Crippen molar-refractivity contribution in [1.82, 2.24) is 0 Å². The summed E-state index contributed by atoms with van der Waals surface area (Å²) in [6.07, 6.45) is 3.47. The average Bonchev–Trinajstić information content (AvgIpc) is 2.77. The Morgan fingerprint density at radius 3 is 2.59 bits per heavy atom. The maximum absolute atomic E-state index is 13.5. The van der Waals surface area contributed by atoms with E-state index in [1.54, 1.807) is 6.07 Å². The van der Waals surface area contributed by atoms with E-state index in [9.17, 15) is 34.8 Å². The van der Waals surface area contributed by atoms with E-state index in [1.165, 1.54) is 6.07 Å². The lowest BCUT2D eigenvalue weighted by atomic mass is 9.59. The molecule has 176 valence electrons. The number of rotatable bonds is 2. The summed E-state index contributed by atoms with van der Waals surface area (Å²) in [4.78, 5) is 42.2. The number of aliphatic hydroxyl groups excluding tert-OH is 2. The number of hydrogen-bond acceptors (Lipinski definition) is 8. The molecule has 1 heterocycles. The minimum absolute atomic E-state index is 0.0747. The third-order valence-corrected chi connectivity index (χ3v) is 7.48. The highest BCUT2D eigenvalue weighted by atomic mass is 16.3. The zero-order valence-corrected chi connectivity index (χ0v) is 18.5. The predicted molar refractivity (Wildman–Crippen MR) is 122 cm³/mol. The molecule has 3 aliphatic carbocycles. The highest BCUT2D eigenvalue weighted by Crippen LogP contribution is 2.52. The summed E-state index contributed by atoms with van der Waals surface area (Å²) in [5, 5.41) is 43.7. The van der Waals surface area contributed by atoms with Crippen LogP contribution in [-0.4, -0.2) is 49.7 Å². The van der Waals surface area contributed by atoms with Crippen molar-refractivity contribution >= 4 is 35.1 Å². The molecule has 34 heavy (non-hydrogen) atoms. The fourth-order valence-corrected chi connectivity index (χ4v) is 5.81. The molecule has 1 aromatic carbocycles. The molecule has 4 aliphatic rings. The van der Waals surface area contributed by atoms with Crippen molar-refractivity contribution < 1.29 is 34.8 Å². The number of amides is 1. The van der Waals surface area contributed by atoms with Gasteiger partial charge in [-0.1, -0.05) is 0 Å². The number of aromatic hydroxyl groups is 1. The third-order valence-electron chi connectivity index (χ3n) is 7.48. The molecule has 9 heteroatoms. The van der Waals surface area contributed by atoms with Crippen molar-refractivity contribution in [2.45, 2.75) is 44.6 Å². The number of phenolic OH excluding ortho intramolecular Hbond substituents is 1. The molecule has 3 atom stereocenters. The molecule has 0 spiro atoms. The summed E-state index contributed by atoms with van der Waals surface area (Å²) >= 11 is 0. The van der Waals surface area contributed by atoms with Crippen LogP contribution in [0.25, 0.3) is 11.5 Å². The largest absolute Gasteiger partial charge is 0.508 e. The van der Waals surface area contributed by atoms with Gasteiger partial charge in [-0.25, -0.2) is 0 Å². The molecule has 9 nitrogen and oxygen atoms in total. The number of hydrogen-bond donors (Lipinski definition) is 5. The van der Waals surface area contributed by atoms with Crippen molar-refractivity contribution in [3.63, 3.8) is 0 Å². The highest BCUT2D eigenvalue weighted by Gasteiger charge is 2.60. The zero-order chi connectivity index (χ0) is 24.5. The number of fused-ring (bicyclic) bond motifs is 3. The molecular weight excluding hydrogens is 440 g/mol. The van der Waals surface area contributed by atoms with Gasteiger partial charge in [-0.05, 0) is 61.8 Å². The Hall–Kier alpha value is -3.72. The molecule has 1 aliphatic heterocycles. The first kappa shape index (κ1) is 22.1. The Balaban J connectivity index is 1.71. The Morgan fingerprint density at radius 1 is 1.18 bits per heavy atom. The van der Waals surface area contributed by atoms with Crippen LogP contribution in [-0.2, 0) is 20.8 Å². The second kappa shape index (κ2) is 7.39. The van der Waals surface area contributed by atoms with Gasteiger partial charge in [0.05, 0.1) is 11.3 Å². The van der Waals surface area contributed by atoms with Gasteiger partial charge in [-0.15, -0.1) is 0 Å². The summed E-state index contributed by atoms with van der Waals surface area (Å²) in [7, 11) is 0. The number of aliphatic imine (C=N–C) groups is 1. The first-order chi connectivity index (χ1) is 16.1. The summed E-state index contributed by atoms with van der Waals surface area (Å²) in [5.41, 5.74) is 4.93. The Kier molecular flexibility index (Phi) is 4.80. The van der Waals surface area contributed by atoms with Crippen LogP contribution in [0.1, 0.15) is 49.3 Å². The molecule has 1 aromatic rings. The molecule has 6 N–H and O–H groups in total. The van der Waals surface area contributed by atoms with E-state index in [-0.39, 0.29) is 36.1 Å². The monoisotopic (exact) mass is 464 g/mol. The zero-order valence-electron chi connectivity index (χ0n) is 18.5. The Labute approximate surface area is 194 Å². The van der Waals surface area contributed by atoms with Gasteiger partial charge in [0.15, 0.2) is 11.4 Å². The summed E-state index contributed by atoms with van der Waals surface area (Å²) < 4.78 is 0. The van der Waals surface area contributed by atoms with Crippen LogP contribution in [0, 0.1) is 11.8 Å². The normalized spacial score (nSPS) is 28.6. The summed E-state index contributed by atoms with van der Waals surface area (Å²) in [6.45, 7) is 1.97. The SMILES string of the molecule is CC1=C(c2ccc(O)c3c2C[C@H]2C[C@H]4CC(=O)C(C(N)=O)=C(O)[C@@]4(O)C(=O)C2=C3O)N=CCC1. The molecule has 0 radical (unpaired) electrons. The highest BCUT2D eigenvalue weighted by molar-refractivity contribution is 6.22. The predicted octanol–water partition coefficient (Wildman–Crippen LogP) is 2.02. The van der Waals surface area contributed by atoms with Gasteiger partial charge < -0.3 is 26.2 Å². The molecule has 1 fully saturated rings. The van der Waals surface area contributed by atoms with Gasteiger partial charge in [0.1, 0.15) is 22.8 Å². The lowest BCUT2D eigenvalue weighted by Crippen LogP contribution is -2.58.